The van der Waals surface area contributed by atoms with Gasteiger partial charge in [0.2, 0.25) is 0 Å². The topological polar surface area (TPSA) is 0 Å². The maximum atomic E-state index is 11.0. The molecule has 0 radical (unpaired) electrons. The van der Waals surface area contributed by atoms with E-state index in [1.807, 2.05) is 0 Å². The number of hydrogen-bond donors (Lipinski definition) is 0. The normalized spacial score (nSPS) is 14.4. The molecule has 0 nitrogen and oxygen atoms in total. The Kier molecular flexibility index (Phi) is 2.27. The second kappa shape index (κ2) is 2.35. The van der Waals surface area contributed by atoms with Crippen LogP contribution in [0.2, 0.25) is 0 Å². The summed E-state index contributed by atoms with van der Waals surface area (Å²) in [6, 6.07) is 0. The van der Waals surface area contributed by atoms with Gasteiger partial charge in [-0.1, -0.05) is 11.6 Å². The van der Waals surface area contributed by atoms with Crippen LogP contribution in [-0.2, 0) is 0 Å². The molecule has 0 atom stereocenters. The predicted molar refractivity (Wildman–Crippen MR) is 21.1 cm³/mol. The average Bonchev–Trinajstić information content (AvgIpc) is 1.62. The van der Waals surface area contributed by atoms with E-state index >= 15 is 0 Å². The highest BCUT2D eigenvalue weighted by Crippen LogP contribution is 2.28. The van der Waals surface area contributed by atoms with Crippen LogP contribution in [0.4, 0.5) is 17.6 Å². The number of rotatable bonds is 0. The second-order valence-electron chi connectivity index (χ2n) is 0.955. The fraction of sp³-hybridized carbons (Fsp3) is 0.333. The van der Waals surface area contributed by atoms with E-state index in [0.29, 0.717) is 0 Å². The van der Waals surface area contributed by atoms with Crippen molar-refractivity contribution in [1.82, 2.24) is 0 Å². The quantitative estimate of drug-likeness (QED) is 0.463. The number of alkyl halides is 3. The molecule has 0 aromatic rings. The first-order chi connectivity index (χ1) is 3.48. The molecular formula is C3HClF4. The Morgan fingerprint density at radius 1 is 1.38 bits per heavy atom. The van der Waals surface area contributed by atoms with Gasteiger partial charge in [0, 0.05) is 0 Å². The molecule has 0 N–H and O–H groups in total. The lowest BCUT2D eigenvalue weighted by Gasteiger charge is -1.99. The molecule has 8 heavy (non-hydrogen) atoms. The summed E-state index contributed by atoms with van der Waals surface area (Å²) < 4.78 is 43.9. The molecule has 0 aliphatic rings. The van der Waals surface area contributed by atoms with Gasteiger partial charge in [-0.3, -0.25) is 0 Å². The van der Waals surface area contributed by atoms with E-state index in [-0.39, 0.29) is 0 Å². The molecule has 0 aliphatic heterocycles. The molecule has 0 fully saturated rings. The van der Waals surface area contributed by atoms with Crippen LogP contribution in [0.1, 0.15) is 0 Å². The molecule has 0 spiro atoms. The minimum Gasteiger partial charge on any atom is -0.214 e. The summed E-state index contributed by atoms with van der Waals surface area (Å²) in [6.45, 7) is 0. The fourth-order valence-electron chi connectivity index (χ4n) is 0.0619. The molecule has 0 saturated heterocycles. The first-order valence-electron chi connectivity index (χ1n) is 1.51. The fourth-order valence-corrected chi connectivity index (χ4v) is 0.0619. The van der Waals surface area contributed by atoms with Gasteiger partial charge < -0.3 is 0 Å². The monoisotopic (exact) mass is 148 g/mol. The van der Waals surface area contributed by atoms with Gasteiger partial charge in [-0.15, -0.1) is 0 Å². The van der Waals surface area contributed by atoms with Crippen LogP contribution in [0, 0.1) is 0 Å². The van der Waals surface area contributed by atoms with Crippen molar-refractivity contribution < 1.29 is 17.6 Å². The molecular weight excluding hydrogens is 147 g/mol. The van der Waals surface area contributed by atoms with Crippen molar-refractivity contribution in [3.8, 4) is 0 Å². The van der Waals surface area contributed by atoms with Crippen LogP contribution in [0.25, 0.3) is 0 Å². The van der Waals surface area contributed by atoms with E-state index in [1.54, 1.807) is 0 Å². The summed E-state index contributed by atoms with van der Waals surface area (Å²) in [5.41, 5.74) is 0. The second-order valence-corrected chi connectivity index (χ2v) is 1.36. The molecule has 0 aromatic heterocycles. The Morgan fingerprint density at radius 3 is 1.75 bits per heavy atom. The van der Waals surface area contributed by atoms with E-state index in [2.05, 4.69) is 11.6 Å². The van der Waals surface area contributed by atoms with Crippen LogP contribution >= 0.6 is 11.6 Å². The Hall–Kier alpha value is -0.250. The largest absolute Gasteiger partial charge is 0.429 e. The lowest BCUT2D eigenvalue weighted by molar-refractivity contribution is -0.0853. The molecule has 0 aliphatic carbocycles. The minimum atomic E-state index is -4.74. The summed E-state index contributed by atoms with van der Waals surface area (Å²) in [4.78, 5) is 0. The van der Waals surface area contributed by atoms with Crippen molar-refractivity contribution in [3.05, 3.63) is 11.4 Å². The van der Waals surface area contributed by atoms with Gasteiger partial charge in [0.05, 0.1) is 0 Å². The van der Waals surface area contributed by atoms with E-state index in [4.69, 9.17) is 0 Å². The highest BCUT2D eigenvalue weighted by molar-refractivity contribution is 6.30. The summed E-state index contributed by atoms with van der Waals surface area (Å²) in [5.74, 6) is 0. The first-order valence-corrected chi connectivity index (χ1v) is 1.89. The minimum absolute atomic E-state index is 0.693. The Balaban J connectivity index is 4.03. The van der Waals surface area contributed by atoms with E-state index < -0.39 is 17.5 Å². The van der Waals surface area contributed by atoms with Gasteiger partial charge in [0.15, 0.2) is 0 Å². The van der Waals surface area contributed by atoms with Gasteiger partial charge in [-0.2, -0.15) is 13.2 Å². The third-order valence-electron chi connectivity index (χ3n) is 0.367. The zero-order valence-electron chi connectivity index (χ0n) is 3.47. The average molecular weight is 148 g/mol. The zero-order valence-corrected chi connectivity index (χ0v) is 4.22. The summed E-state index contributed by atoms with van der Waals surface area (Å²) in [5, 5.41) is -1.74. The Morgan fingerprint density at radius 2 is 1.75 bits per heavy atom. The molecule has 0 amide bonds. The van der Waals surface area contributed by atoms with Gasteiger partial charge in [-0.05, 0) is 0 Å². The summed E-state index contributed by atoms with van der Waals surface area (Å²) in [7, 11) is 0. The van der Waals surface area contributed by atoms with Crippen molar-refractivity contribution >= 4 is 11.6 Å². The smallest absolute Gasteiger partial charge is 0.214 e. The van der Waals surface area contributed by atoms with E-state index in [1.165, 1.54) is 0 Å². The van der Waals surface area contributed by atoms with Crippen LogP contribution < -0.4 is 0 Å². The van der Waals surface area contributed by atoms with Gasteiger partial charge in [0.1, 0.15) is 11.4 Å². The zero-order chi connectivity index (χ0) is 6.78. The Labute approximate surface area is 47.7 Å². The standard InChI is InChI=1S/C3HClF4/c4-2(1-5)3(6,7)8/h1H/b2-1-. The molecule has 0 heterocycles. The van der Waals surface area contributed by atoms with Gasteiger partial charge in [-0.25, -0.2) is 4.39 Å². The summed E-state index contributed by atoms with van der Waals surface area (Å²) in [6.07, 6.45) is -5.43. The van der Waals surface area contributed by atoms with Crippen molar-refractivity contribution in [2.75, 3.05) is 0 Å². The lowest BCUT2D eigenvalue weighted by Crippen LogP contribution is -2.05. The molecule has 48 valence electrons. The molecule has 0 saturated carbocycles. The molecule has 5 heteroatoms. The van der Waals surface area contributed by atoms with Gasteiger partial charge in [0.25, 0.3) is 0 Å². The molecule has 0 bridgehead atoms. The third kappa shape index (κ3) is 2.16. The molecule has 0 aromatic carbocycles. The van der Waals surface area contributed by atoms with Crippen molar-refractivity contribution in [3.63, 3.8) is 0 Å². The first kappa shape index (κ1) is 7.75. The molecule has 0 rings (SSSR count). The maximum absolute atomic E-state index is 11.0. The highest BCUT2D eigenvalue weighted by Gasteiger charge is 2.32. The number of halogens is 5. The number of hydrogen-bond acceptors (Lipinski definition) is 0. The van der Waals surface area contributed by atoms with Crippen molar-refractivity contribution in [2.24, 2.45) is 0 Å². The third-order valence-corrected chi connectivity index (χ3v) is 0.663. The van der Waals surface area contributed by atoms with E-state index in [9.17, 15) is 17.6 Å². The van der Waals surface area contributed by atoms with E-state index in [0.717, 1.165) is 0 Å². The maximum Gasteiger partial charge on any atom is 0.429 e. The summed E-state index contributed by atoms with van der Waals surface area (Å²) >= 11 is 4.30. The van der Waals surface area contributed by atoms with Crippen molar-refractivity contribution in [2.45, 2.75) is 6.18 Å². The van der Waals surface area contributed by atoms with Gasteiger partial charge >= 0.3 is 6.18 Å². The predicted octanol–water partition coefficient (Wildman–Crippen LogP) is 2.60. The highest BCUT2D eigenvalue weighted by atomic mass is 35.5. The Bertz CT molecular complexity index is 102. The SMILES string of the molecule is F/C=C(\Cl)C(F)(F)F. The van der Waals surface area contributed by atoms with Crippen LogP contribution in [0.3, 0.4) is 0 Å². The molecule has 0 unspecified atom stereocenters. The van der Waals surface area contributed by atoms with Crippen LogP contribution in [0.5, 0.6) is 0 Å². The lowest BCUT2D eigenvalue weighted by atomic mass is 10.6. The van der Waals surface area contributed by atoms with Crippen LogP contribution in [-0.4, -0.2) is 6.18 Å². The van der Waals surface area contributed by atoms with Crippen molar-refractivity contribution in [1.29, 1.82) is 0 Å². The number of allylic oxidation sites excluding steroid dienone is 1. The van der Waals surface area contributed by atoms with Crippen LogP contribution in [0.15, 0.2) is 11.4 Å².